The summed E-state index contributed by atoms with van der Waals surface area (Å²) in [6, 6.07) is 30.2. The predicted octanol–water partition coefficient (Wildman–Crippen LogP) is 6.11. The molecule has 40 heavy (non-hydrogen) atoms. The van der Waals surface area contributed by atoms with E-state index in [2.05, 4.69) is 12.2 Å². The molecule has 9 heteroatoms. The van der Waals surface area contributed by atoms with Gasteiger partial charge >= 0.3 is 0 Å². The Hall–Kier alpha value is -4.08. The van der Waals surface area contributed by atoms with E-state index in [-0.39, 0.29) is 18.7 Å². The van der Waals surface area contributed by atoms with Crippen LogP contribution >= 0.6 is 0 Å². The zero-order chi connectivity index (χ0) is 28.8. The van der Waals surface area contributed by atoms with E-state index < -0.39 is 15.9 Å². The minimum absolute atomic E-state index is 0. The number of hydrogen-bond acceptors (Lipinski definition) is 6. The van der Waals surface area contributed by atoms with Gasteiger partial charge in [0.1, 0.15) is 0 Å². The summed E-state index contributed by atoms with van der Waals surface area (Å²) in [5.74, 6) is 0.00764. The van der Waals surface area contributed by atoms with Crippen LogP contribution in [0, 0.1) is 0 Å². The second-order valence-corrected chi connectivity index (χ2v) is 10.5. The van der Waals surface area contributed by atoms with Crippen LogP contribution in [0.4, 0.5) is 4.72 Å². The first-order valence-corrected chi connectivity index (χ1v) is 14.0. The van der Waals surface area contributed by atoms with Gasteiger partial charge in [-0.1, -0.05) is 80.2 Å². The van der Waals surface area contributed by atoms with Gasteiger partial charge in [0, 0.05) is 24.6 Å². The molecular weight excluding hydrogens is 529 g/mol. The zero-order valence-corrected chi connectivity index (χ0v) is 22.2. The molecule has 4 rings (SSSR count). The number of rotatable bonds is 12. The van der Waals surface area contributed by atoms with Crippen molar-refractivity contribution in [3.8, 4) is 28.3 Å². The third-order valence-electron chi connectivity index (χ3n) is 5.99. The maximum absolute atomic E-state index is 12.4. The van der Waals surface area contributed by atoms with Crippen molar-refractivity contribution >= 4 is 15.9 Å². The summed E-state index contributed by atoms with van der Waals surface area (Å²) in [5, 5.41) is 0. The first-order valence-electron chi connectivity index (χ1n) is 12.9. The number of unbranched alkanes of at least 4 members (excludes halogenated alkanes) is 2. The first-order chi connectivity index (χ1) is 19.4. The number of aromatic nitrogens is 1. The van der Waals surface area contributed by atoms with Crippen molar-refractivity contribution in [2.75, 3.05) is 6.61 Å². The van der Waals surface area contributed by atoms with E-state index in [1.807, 2.05) is 66.7 Å². The normalized spacial score (nSPS) is 10.8. The van der Waals surface area contributed by atoms with Crippen LogP contribution in [-0.4, -0.2) is 27.4 Å². The van der Waals surface area contributed by atoms with E-state index in [0.717, 1.165) is 27.9 Å². The minimum Gasteiger partial charge on any atom is -0.478 e. The second kappa shape index (κ2) is 15.5. The lowest BCUT2D eigenvalue weighted by atomic mass is 10.0. The number of carbonyl (C=O) groups is 1. The quantitative estimate of drug-likeness (QED) is 0.200. The molecule has 0 aliphatic heterocycles. The van der Waals surface area contributed by atoms with Crippen molar-refractivity contribution in [3.63, 3.8) is 0 Å². The van der Waals surface area contributed by atoms with E-state index in [4.69, 9.17) is 20.2 Å². The highest BCUT2D eigenvalue weighted by Crippen LogP contribution is 2.28. The molecule has 7 nitrogen and oxygen atoms in total. The molecule has 0 aliphatic carbocycles. The van der Waals surface area contributed by atoms with E-state index in [1.54, 1.807) is 12.1 Å². The smallest absolute Gasteiger partial charge is 0.269 e. The fraction of sp³-hybridized carbons (Fsp3) is 0.226. The van der Waals surface area contributed by atoms with Gasteiger partial charge in [-0.2, -0.15) is 0 Å². The summed E-state index contributed by atoms with van der Waals surface area (Å²) < 4.78 is 45.9. The molecule has 0 unspecified atom stereocenters. The van der Waals surface area contributed by atoms with Gasteiger partial charge in [0.05, 0.1) is 17.2 Å². The molecule has 212 valence electrons. The fourth-order valence-corrected chi connectivity index (χ4v) is 4.95. The molecule has 0 spiro atoms. The van der Waals surface area contributed by atoms with E-state index >= 15 is 0 Å². The van der Waals surface area contributed by atoms with Crippen LogP contribution in [0.25, 0.3) is 22.4 Å². The summed E-state index contributed by atoms with van der Waals surface area (Å²) in [6.45, 7) is 0.756. The monoisotopic (exact) mass is 567 g/mol. The number of amides is 1. The summed E-state index contributed by atoms with van der Waals surface area (Å²) in [7, 11) is -3.90. The van der Waals surface area contributed by atoms with Crippen molar-refractivity contribution < 1.29 is 22.7 Å². The predicted molar refractivity (Wildman–Crippen MR) is 158 cm³/mol. The Morgan fingerprint density at radius 1 is 0.850 bits per heavy atom. The molecule has 3 aromatic carbocycles. The van der Waals surface area contributed by atoms with Gasteiger partial charge in [-0.05, 0) is 54.2 Å². The van der Waals surface area contributed by atoms with Gasteiger partial charge in [-0.3, -0.25) is 9.51 Å². The van der Waals surface area contributed by atoms with Crippen LogP contribution in [0.3, 0.4) is 0 Å². The molecule has 1 heterocycles. The lowest BCUT2D eigenvalue weighted by Crippen LogP contribution is -2.30. The molecule has 3 N–H and O–H groups in total. The maximum Gasteiger partial charge on any atom is 0.269 e. The number of nitrogens with one attached hydrogen (secondary N) is 1. The van der Waals surface area contributed by atoms with Gasteiger partial charge in [0.15, 0.2) is 0 Å². The SMILES string of the molecule is C.NCc1ccc(S(=O)(=O)NC(=O)CCCCCOc2cc(-c3ccccc3)cc(-c3ccccc3)n2)cc1.[3H]F. The number of pyridine rings is 1. The van der Waals surface area contributed by atoms with Crippen molar-refractivity contribution in [1.82, 2.24) is 9.71 Å². The molecule has 4 aromatic rings. The lowest BCUT2D eigenvalue weighted by molar-refractivity contribution is -0.119. The molecule has 0 radical (unpaired) electrons. The highest BCUT2D eigenvalue weighted by Gasteiger charge is 2.17. The van der Waals surface area contributed by atoms with Crippen LogP contribution in [-0.2, 0) is 21.4 Å². The zero-order valence-electron chi connectivity index (χ0n) is 22.4. The summed E-state index contributed by atoms with van der Waals surface area (Å²) in [5.41, 5.74) is 10.3. The van der Waals surface area contributed by atoms with Crippen LogP contribution in [0.1, 0.15) is 38.7 Å². The number of nitrogens with two attached hydrogens (primary N) is 1. The molecule has 1 aromatic heterocycles. The first kappa shape index (κ1) is 30.5. The fourth-order valence-electron chi connectivity index (χ4n) is 3.94. The molecule has 0 aliphatic rings. The topological polar surface area (TPSA) is 111 Å². The summed E-state index contributed by atoms with van der Waals surface area (Å²) in [6.07, 6.45) is 2.07. The van der Waals surface area contributed by atoms with E-state index in [1.165, 1.54) is 12.1 Å². The lowest BCUT2D eigenvalue weighted by Gasteiger charge is -2.11. The Kier molecular flexibility index (Phi) is 11.8. The van der Waals surface area contributed by atoms with Crippen LogP contribution in [0.5, 0.6) is 5.88 Å². The van der Waals surface area contributed by atoms with Gasteiger partial charge in [0.2, 0.25) is 11.8 Å². The number of nitrogens with zero attached hydrogens (tertiary/aromatic N) is 1. The van der Waals surface area contributed by atoms with E-state index in [9.17, 15) is 13.2 Å². The Morgan fingerprint density at radius 2 is 1.48 bits per heavy atom. The van der Waals surface area contributed by atoms with Crippen LogP contribution in [0.15, 0.2) is 102 Å². The summed E-state index contributed by atoms with van der Waals surface area (Å²) in [4.78, 5) is 16.9. The van der Waals surface area contributed by atoms with Gasteiger partial charge < -0.3 is 10.5 Å². The van der Waals surface area contributed by atoms with Gasteiger partial charge in [0.25, 0.3) is 11.5 Å². The average molecular weight is 568 g/mol. The highest BCUT2D eigenvalue weighted by molar-refractivity contribution is 7.90. The number of halogens is 1. The number of ether oxygens (including phenoxy) is 1. The Balaban J connectivity index is 0.00000192. The number of sulfonamides is 1. The second-order valence-electron chi connectivity index (χ2n) is 8.85. The molecular formula is C31H36FN3O4S. The number of benzene rings is 3. The average Bonchev–Trinajstić information content (AvgIpc) is 3.00. The van der Waals surface area contributed by atoms with Crippen LogP contribution in [0.2, 0.25) is 0 Å². The number of carbonyl (C=O) groups excluding carboxylic acids is 1. The van der Waals surface area contributed by atoms with Crippen LogP contribution < -0.4 is 15.2 Å². The third-order valence-corrected chi connectivity index (χ3v) is 7.38. The number of hydrogen-bond donors (Lipinski definition) is 2. The largest absolute Gasteiger partial charge is 0.478 e. The molecule has 1 amide bonds. The van der Waals surface area contributed by atoms with Crippen molar-refractivity contribution in [3.05, 3.63) is 103 Å². The van der Waals surface area contributed by atoms with E-state index in [0.29, 0.717) is 38.3 Å². The van der Waals surface area contributed by atoms with Crippen molar-refractivity contribution in [2.24, 2.45) is 5.73 Å². The molecule has 0 saturated heterocycles. The van der Waals surface area contributed by atoms with Gasteiger partial charge in [-0.15, -0.1) is 0 Å². The molecule has 0 bridgehead atoms. The summed E-state index contributed by atoms with van der Waals surface area (Å²) >= 11 is 0. The third kappa shape index (κ3) is 9.00. The molecule has 0 fully saturated rings. The van der Waals surface area contributed by atoms with Crippen molar-refractivity contribution in [2.45, 2.75) is 44.6 Å². The molecule has 0 saturated carbocycles. The Bertz CT molecular complexity index is 1400. The standard InChI is InChI=1S/C30H31N3O4S.CH4.FH/c31-22-23-15-17-27(18-16-23)38(35,36)33-29(34)14-8-3-9-19-37-30-21-26(24-10-4-1-5-11-24)20-28(32-30)25-12-6-2-7-13-25;;/h1-2,4-7,10-13,15-18,20-21H,3,8-9,14,19,22,31H2,(H,33,34);1H4;1H/i/hT. The Morgan fingerprint density at radius 3 is 2.10 bits per heavy atom. The minimum atomic E-state index is -3.90. The Labute approximate surface area is 237 Å². The maximum atomic E-state index is 12.4. The van der Waals surface area contributed by atoms with Crippen molar-refractivity contribution in [1.29, 1.82) is 1.45 Å². The highest BCUT2D eigenvalue weighted by atomic mass is 32.2. The van der Waals surface area contributed by atoms with Gasteiger partial charge in [-0.25, -0.2) is 18.1 Å². The molecule has 0 atom stereocenters.